The van der Waals surface area contributed by atoms with Crippen LogP contribution < -0.4 is 5.32 Å². The van der Waals surface area contributed by atoms with Gasteiger partial charge in [0, 0.05) is 23.9 Å². The van der Waals surface area contributed by atoms with E-state index in [0.717, 1.165) is 12.3 Å². The van der Waals surface area contributed by atoms with Crippen molar-refractivity contribution in [1.82, 2.24) is 10.3 Å². The molecular formula is C14H13F3N2. The molecule has 0 aliphatic heterocycles. The molecule has 2 aromatic rings. The van der Waals surface area contributed by atoms with Crippen LogP contribution in [0.15, 0.2) is 36.7 Å². The van der Waals surface area contributed by atoms with Gasteiger partial charge in [-0.15, -0.1) is 0 Å². The van der Waals surface area contributed by atoms with Gasteiger partial charge in [0.05, 0.1) is 6.20 Å². The summed E-state index contributed by atoms with van der Waals surface area (Å²) < 4.78 is 40.1. The quantitative estimate of drug-likeness (QED) is 0.920. The summed E-state index contributed by atoms with van der Waals surface area (Å²) in [4.78, 5) is 3.67. The molecule has 1 aromatic carbocycles. The first-order valence-electron chi connectivity index (χ1n) is 5.82. The smallest absolute Gasteiger partial charge is 0.146 e. The molecule has 0 aliphatic carbocycles. The van der Waals surface area contributed by atoms with Gasteiger partial charge in [-0.25, -0.2) is 13.2 Å². The predicted octanol–water partition coefficient (Wildman–Crippen LogP) is 3.00. The number of pyridine rings is 1. The number of nitrogens with one attached hydrogen (secondary N) is 1. The molecule has 0 fully saturated rings. The van der Waals surface area contributed by atoms with Crippen molar-refractivity contribution in [3.8, 4) is 0 Å². The molecule has 0 amide bonds. The summed E-state index contributed by atoms with van der Waals surface area (Å²) in [6.45, 7) is 0. The van der Waals surface area contributed by atoms with E-state index < -0.39 is 23.5 Å². The number of rotatable bonds is 4. The molecular weight excluding hydrogens is 253 g/mol. The highest BCUT2D eigenvalue weighted by Crippen LogP contribution is 2.22. The summed E-state index contributed by atoms with van der Waals surface area (Å²) in [6, 6.07) is 4.52. The largest absolute Gasteiger partial charge is 0.313 e. The molecule has 5 heteroatoms. The molecule has 1 unspecified atom stereocenters. The fraction of sp³-hybridized carbons (Fsp3) is 0.214. The van der Waals surface area contributed by atoms with Gasteiger partial charge in [-0.3, -0.25) is 4.98 Å². The lowest BCUT2D eigenvalue weighted by Gasteiger charge is -2.17. The topological polar surface area (TPSA) is 24.9 Å². The zero-order chi connectivity index (χ0) is 13.8. The first-order valence-corrected chi connectivity index (χ1v) is 5.82. The van der Waals surface area contributed by atoms with Crippen LogP contribution >= 0.6 is 0 Å². The lowest BCUT2D eigenvalue weighted by atomic mass is 9.99. The first-order chi connectivity index (χ1) is 9.11. The Balaban J connectivity index is 2.27. The molecule has 0 saturated carbocycles. The summed E-state index contributed by atoms with van der Waals surface area (Å²) in [6.07, 6.45) is 2.81. The highest BCUT2D eigenvalue weighted by molar-refractivity contribution is 5.24. The molecule has 100 valence electrons. The third kappa shape index (κ3) is 3.12. The lowest BCUT2D eigenvalue weighted by molar-refractivity contribution is 0.512. The minimum Gasteiger partial charge on any atom is -0.313 e. The van der Waals surface area contributed by atoms with Crippen LogP contribution in [0.4, 0.5) is 13.2 Å². The van der Waals surface area contributed by atoms with Crippen molar-refractivity contribution in [2.24, 2.45) is 0 Å². The number of hydrogen-bond donors (Lipinski definition) is 1. The van der Waals surface area contributed by atoms with Crippen LogP contribution in [0.25, 0.3) is 0 Å². The Bertz CT molecular complexity index is 572. The van der Waals surface area contributed by atoms with E-state index in [0.29, 0.717) is 11.1 Å². The summed E-state index contributed by atoms with van der Waals surface area (Å²) in [5.41, 5.74) is 0.734. The molecule has 0 radical (unpaired) electrons. The van der Waals surface area contributed by atoms with Gasteiger partial charge in [-0.2, -0.15) is 0 Å². The minimum absolute atomic E-state index is 0.226. The summed E-state index contributed by atoms with van der Waals surface area (Å²) >= 11 is 0. The van der Waals surface area contributed by atoms with Gasteiger partial charge in [-0.1, -0.05) is 6.07 Å². The summed E-state index contributed by atoms with van der Waals surface area (Å²) in [5.74, 6) is -1.71. The Hall–Kier alpha value is -1.88. The van der Waals surface area contributed by atoms with Gasteiger partial charge in [0.1, 0.15) is 17.5 Å². The fourth-order valence-corrected chi connectivity index (χ4v) is 1.94. The van der Waals surface area contributed by atoms with Crippen molar-refractivity contribution in [3.05, 3.63) is 65.2 Å². The Labute approximate surface area is 109 Å². The van der Waals surface area contributed by atoms with Gasteiger partial charge < -0.3 is 5.32 Å². The van der Waals surface area contributed by atoms with E-state index >= 15 is 0 Å². The number of aromatic nitrogens is 1. The van der Waals surface area contributed by atoms with E-state index in [1.165, 1.54) is 24.4 Å². The number of likely N-dealkylation sites (N-methyl/N-ethyl adjacent to an activating group) is 1. The third-order valence-electron chi connectivity index (χ3n) is 2.97. The summed E-state index contributed by atoms with van der Waals surface area (Å²) in [5, 5.41) is 2.92. The third-order valence-corrected chi connectivity index (χ3v) is 2.97. The van der Waals surface area contributed by atoms with Gasteiger partial charge in [-0.05, 0) is 31.2 Å². The molecule has 0 aliphatic rings. The van der Waals surface area contributed by atoms with E-state index in [2.05, 4.69) is 10.3 Å². The van der Waals surface area contributed by atoms with Gasteiger partial charge in [0.15, 0.2) is 0 Å². The zero-order valence-electron chi connectivity index (χ0n) is 10.3. The average Bonchev–Trinajstić information content (AvgIpc) is 2.39. The van der Waals surface area contributed by atoms with Crippen LogP contribution in [-0.4, -0.2) is 12.0 Å². The first kappa shape index (κ1) is 13.5. The molecule has 0 saturated heterocycles. The van der Waals surface area contributed by atoms with Crippen molar-refractivity contribution in [2.45, 2.75) is 12.5 Å². The number of halogens is 3. The Morgan fingerprint density at radius 2 is 1.95 bits per heavy atom. The van der Waals surface area contributed by atoms with Crippen molar-refractivity contribution >= 4 is 0 Å². The molecule has 1 heterocycles. The van der Waals surface area contributed by atoms with Gasteiger partial charge in [0.25, 0.3) is 0 Å². The van der Waals surface area contributed by atoms with Crippen LogP contribution in [-0.2, 0) is 6.42 Å². The fourth-order valence-electron chi connectivity index (χ4n) is 1.94. The molecule has 1 atom stereocenters. The van der Waals surface area contributed by atoms with E-state index in [4.69, 9.17) is 0 Å². The maximum atomic E-state index is 13.6. The monoisotopic (exact) mass is 266 g/mol. The van der Waals surface area contributed by atoms with Crippen LogP contribution in [0.5, 0.6) is 0 Å². The van der Waals surface area contributed by atoms with E-state index in [9.17, 15) is 13.2 Å². The Morgan fingerprint density at radius 3 is 2.58 bits per heavy atom. The SMILES string of the molecule is CNC(Cc1ccc(F)cc1F)c1ccncc1F. The van der Waals surface area contributed by atoms with Crippen LogP contribution in [0, 0.1) is 17.5 Å². The Morgan fingerprint density at radius 1 is 1.16 bits per heavy atom. The minimum atomic E-state index is -0.630. The average molecular weight is 266 g/mol. The highest BCUT2D eigenvalue weighted by atomic mass is 19.1. The normalized spacial score (nSPS) is 12.4. The number of hydrogen-bond acceptors (Lipinski definition) is 2. The van der Waals surface area contributed by atoms with Crippen LogP contribution in [0.1, 0.15) is 17.2 Å². The van der Waals surface area contributed by atoms with Crippen molar-refractivity contribution in [2.75, 3.05) is 7.05 Å². The van der Waals surface area contributed by atoms with E-state index in [1.807, 2.05) is 0 Å². The zero-order valence-corrected chi connectivity index (χ0v) is 10.3. The second-order valence-electron chi connectivity index (χ2n) is 4.18. The maximum Gasteiger partial charge on any atom is 0.146 e. The van der Waals surface area contributed by atoms with E-state index in [-0.39, 0.29) is 6.42 Å². The molecule has 0 spiro atoms. The summed E-state index contributed by atoms with van der Waals surface area (Å²) in [7, 11) is 1.66. The van der Waals surface area contributed by atoms with Gasteiger partial charge in [0.2, 0.25) is 0 Å². The number of benzene rings is 1. The van der Waals surface area contributed by atoms with Crippen molar-refractivity contribution in [3.63, 3.8) is 0 Å². The molecule has 2 nitrogen and oxygen atoms in total. The van der Waals surface area contributed by atoms with Crippen molar-refractivity contribution in [1.29, 1.82) is 0 Å². The van der Waals surface area contributed by atoms with E-state index in [1.54, 1.807) is 7.05 Å². The predicted molar refractivity (Wildman–Crippen MR) is 66.1 cm³/mol. The highest BCUT2D eigenvalue weighted by Gasteiger charge is 2.16. The molecule has 19 heavy (non-hydrogen) atoms. The molecule has 1 aromatic heterocycles. The second kappa shape index (κ2) is 5.84. The molecule has 1 N–H and O–H groups in total. The second-order valence-corrected chi connectivity index (χ2v) is 4.18. The standard InChI is InChI=1S/C14H13F3N2/c1-18-14(11-4-5-19-8-13(11)17)6-9-2-3-10(15)7-12(9)16/h2-5,7-8,14,18H,6H2,1H3. The lowest BCUT2D eigenvalue weighted by Crippen LogP contribution is -2.20. The van der Waals surface area contributed by atoms with Gasteiger partial charge >= 0.3 is 0 Å². The van der Waals surface area contributed by atoms with Crippen molar-refractivity contribution < 1.29 is 13.2 Å². The van der Waals surface area contributed by atoms with Crippen LogP contribution in [0.2, 0.25) is 0 Å². The Kier molecular flexibility index (Phi) is 4.16. The van der Waals surface area contributed by atoms with Crippen LogP contribution in [0.3, 0.4) is 0 Å². The molecule has 0 bridgehead atoms. The molecule has 2 rings (SSSR count). The number of nitrogens with zero attached hydrogens (tertiary/aromatic N) is 1. The maximum absolute atomic E-state index is 13.6.